The van der Waals surface area contributed by atoms with Crippen LogP contribution in [0.3, 0.4) is 0 Å². The Labute approximate surface area is 176 Å². The fraction of sp³-hybridized carbons (Fsp3) is 0.200. The lowest BCUT2D eigenvalue weighted by molar-refractivity contribution is 0.0937. The minimum absolute atomic E-state index is 0.0810. The van der Waals surface area contributed by atoms with Gasteiger partial charge in [-0.3, -0.25) is 14.5 Å². The molecule has 2 N–H and O–H groups in total. The molecule has 1 aliphatic heterocycles. The first-order valence-electron chi connectivity index (χ1n) is 10.2. The van der Waals surface area contributed by atoms with Crippen molar-refractivity contribution in [3.8, 4) is 0 Å². The Bertz CT molecular complexity index is 988. The van der Waals surface area contributed by atoms with Gasteiger partial charge in [0.05, 0.1) is 0 Å². The normalized spacial score (nSPS) is 16.2. The first-order valence-corrected chi connectivity index (χ1v) is 10.2. The minimum Gasteiger partial charge on any atom is -0.348 e. The van der Waals surface area contributed by atoms with Crippen molar-refractivity contribution in [1.82, 2.24) is 10.2 Å². The van der Waals surface area contributed by atoms with Crippen LogP contribution in [0.5, 0.6) is 0 Å². The van der Waals surface area contributed by atoms with Crippen LogP contribution >= 0.6 is 0 Å². The quantitative estimate of drug-likeness (QED) is 0.660. The van der Waals surface area contributed by atoms with Crippen LogP contribution in [0.1, 0.15) is 32.7 Å². The zero-order valence-electron chi connectivity index (χ0n) is 16.8. The summed E-state index contributed by atoms with van der Waals surface area (Å²) in [7, 11) is 0. The van der Waals surface area contributed by atoms with Crippen LogP contribution in [-0.4, -0.2) is 35.8 Å². The van der Waals surface area contributed by atoms with Crippen LogP contribution in [-0.2, 0) is 6.54 Å². The number of amides is 2. The minimum atomic E-state index is -0.169. The van der Waals surface area contributed by atoms with Crippen molar-refractivity contribution in [2.45, 2.75) is 19.0 Å². The fourth-order valence-electron chi connectivity index (χ4n) is 3.70. The average Bonchev–Trinajstić information content (AvgIpc) is 3.22. The molecular weight excluding hydrogens is 374 g/mol. The molecule has 3 aromatic rings. The number of likely N-dealkylation sites (tertiary alicyclic amines) is 1. The zero-order valence-corrected chi connectivity index (χ0v) is 16.8. The summed E-state index contributed by atoms with van der Waals surface area (Å²) in [5.41, 5.74) is 3.14. The number of anilines is 1. The van der Waals surface area contributed by atoms with Gasteiger partial charge in [0.2, 0.25) is 0 Å². The summed E-state index contributed by atoms with van der Waals surface area (Å²) in [6.45, 7) is 2.74. The van der Waals surface area contributed by atoms with E-state index in [-0.39, 0.29) is 17.9 Å². The summed E-state index contributed by atoms with van der Waals surface area (Å²) in [5, 5.41) is 5.98. The highest BCUT2D eigenvalue weighted by Crippen LogP contribution is 2.15. The van der Waals surface area contributed by atoms with Crippen LogP contribution in [0.15, 0.2) is 84.9 Å². The van der Waals surface area contributed by atoms with Crippen molar-refractivity contribution in [2.24, 2.45) is 0 Å². The highest BCUT2D eigenvalue weighted by molar-refractivity contribution is 6.04. The molecule has 1 atom stereocenters. The van der Waals surface area contributed by atoms with Crippen molar-refractivity contribution >= 4 is 17.5 Å². The van der Waals surface area contributed by atoms with Gasteiger partial charge < -0.3 is 10.6 Å². The van der Waals surface area contributed by atoms with E-state index >= 15 is 0 Å². The second kappa shape index (κ2) is 9.37. The van der Waals surface area contributed by atoms with Crippen molar-refractivity contribution in [1.29, 1.82) is 0 Å². The van der Waals surface area contributed by atoms with E-state index in [9.17, 15) is 9.59 Å². The van der Waals surface area contributed by atoms with E-state index in [1.165, 1.54) is 5.56 Å². The maximum Gasteiger partial charge on any atom is 0.255 e. The molecule has 5 nitrogen and oxygen atoms in total. The van der Waals surface area contributed by atoms with Crippen molar-refractivity contribution in [3.63, 3.8) is 0 Å². The number of nitrogens with one attached hydrogen (secondary N) is 2. The summed E-state index contributed by atoms with van der Waals surface area (Å²) in [5.74, 6) is -0.250. The Balaban J connectivity index is 1.28. The third-order valence-electron chi connectivity index (χ3n) is 5.30. The van der Waals surface area contributed by atoms with Crippen LogP contribution in [0.2, 0.25) is 0 Å². The van der Waals surface area contributed by atoms with E-state index in [1.807, 2.05) is 24.3 Å². The molecular formula is C25H25N3O2. The summed E-state index contributed by atoms with van der Waals surface area (Å²) < 4.78 is 0. The van der Waals surface area contributed by atoms with Gasteiger partial charge in [-0.2, -0.15) is 0 Å². The molecule has 1 heterocycles. The molecule has 5 heteroatoms. The lowest BCUT2D eigenvalue weighted by atomic mass is 10.1. The van der Waals surface area contributed by atoms with Gasteiger partial charge in [0.1, 0.15) is 0 Å². The first-order chi connectivity index (χ1) is 14.7. The Morgan fingerprint density at radius 2 is 1.43 bits per heavy atom. The topological polar surface area (TPSA) is 61.4 Å². The molecule has 0 saturated carbocycles. The van der Waals surface area contributed by atoms with E-state index in [0.717, 1.165) is 26.1 Å². The Morgan fingerprint density at radius 3 is 2.13 bits per heavy atom. The van der Waals surface area contributed by atoms with Crippen LogP contribution in [0.4, 0.5) is 5.69 Å². The number of benzene rings is 3. The van der Waals surface area contributed by atoms with Gasteiger partial charge in [-0.1, -0.05) is 48.5 Å². The summed E-state index contributed by atoms with van der Waals surface area (Å²) >= 11 is 0. The molecule has 0 aliphatic carbocycles. The molecule has 3 aromatic carbocycles. The second-order valence-electron chi connectivity index (χ2n) is 7.58. The fourth-order valence-corrected chi connectivity index (χ4v) is 3.70. The standard InChI is InChI=1S/C25H25N3O2/c29-24(20-9-5-2-6-10-20)26-22-13-11-21(12-14-22)25(30)27-23-15-16-28(18-23)17-19-7-3-1-4-8-19/h1-14,23H,15-18H2,(H,26,29)(H,27,30)/t23-/m1/s1. The Kier molecular flexibility index (Phi) is 6.20. The molecule has 30 heavy (non-hydrogen) atoms. The third kappa shape index (κ3) is 5.13. The smallest absolute Gasteiger partial charge is 0.255 e. The molecule has 1 fully saturated rings. The number of rotatable bonds is 6. The van der Waals surface area contributed by atoms with Crippen LogP contribution in [0.25, 0.3) is 0 Å². The molecule has 1 saturated heterocycles. The lowest BCUT2D eigenvalue weighted by Gasteiger charge is -2.17. The van der Waals surface area contributed by atoms with E-state index in [1.54, 1.807) is 36.4 Å². The molecule has 0 unspecified atom stereocenters. The number of nitrogens with zero attached hydrogens (tertiary/aromatic N) is 1. The maximum absolute atomic E-state index is 12.6. The van der Waals surface area contributed by atoms with E-state index in [0.29, 0.717) is 16.8 Å². The molecule has 152 valence electrons. The largest absolute Gasteiger partial charge is 0.348 e. The highest BCUT2D eigenvalue weighted by atomic mass is 16.2. The molecule has 2 amide bonds. The van der Waals surface area contributed by atoms with E-state index in [2.05, 4.69) is 39.8 Å². The molecule has 0 radical (unpaired) electrons. The Hall–Kier alpha value is -3.44. The van der Waals surface area contributed by atoms with Gasteiger partial charge in [-0.05, 0) is 48.4 Å². The van der Waals surface area contributed by atoms with Gasteiger partial charge in [0, 0.05) is 42.5 Å². The SMILES string of the molecule is O=C(Nc1ccc(C(=O)N[C@@H]2CCN(Cc3ccccc3)C2)cc1)c1ccccc1. The van der Waals surface area contributed by atoms with Gasteiger partial charge in [-0.25, -0.2) is 0 Å². The van der Waals surface area contributed by atoms with Crippen molar-refractivity contribution in [2.75, 3.05) is 18.4 Å². The molecule has 0 bridgehead atoms. The van der Waals surface area contributed by atoms with Crippen LogP contribution in [0, 0.1) is 0 Å². The maximum atomic E-state index is 12.6. The van der Waals surface area contributed by atoms with Crippen molar-refractivity contribution in [3.05, 3.63) is 102 Å². The predicted octanol–water partition coefficient (Wildman–Crippen LogP) is 3.94. The van der Waals surface area contributed by atoms with E-state index < -0.39 is 0 Å². The highest BCUT2D eigenvalue weighted by Gasteiger charge is 2.24. The number of carbonyl (C=O) groups excluding carboxylic acids is 2. The predicted molar refractivity (Wildman–Crippen MR) is 118 cm³/mol. The summed E-state index contributed by atoms with van der Waals surface area (Å²) in [4.78, 5) is 27.2. The monoisotopic (exact) mass is 399 g/mol. The summed E-state index contributed by atoms with van der Waals surface area (Å²) in [6.07, 6.45) is 0.948. The molecule has 0 aromatic heterocycles. The molecule has 1 aliphatic rings. The van der Waals surface area contributed by atoms with E-state index in [4.69, 9.17) is 0 Å². The number of carbonyl (C=O) groups is 2. The number of hydrogen-bond acceptors (Lipinski definition) is 3. The van der Waals surface area contributed by atoms with Gasteiger partial charge in [0.25, 0.3) is 11.8 Å². The summed E-state index contributed by atoms with van der Waals surface area (Å²) in [6, 6.07) is 26.6. The van der Waals surface area contributed by atoms with Gasteiger partial charge in [0.15, 0.2) is 0 Å². The van der Waals surface area contributed by atoms with Gasteiger partial charge in [-0.15, -0.1) is 0 Å². The zero-order chi connectivity index (χ0) is 20.8. The molecule has 0 spiro atoms. The second-order valence-corrected chi connectivity index (χ2v) is 7.58. The van der Waals surface area contributed by atoms with Crippen LogP contribution < -0.4 is 10.6 Å². The van der Waals surface area contributed by atoms with Crippen molar-refractivity contribution < 1.29 is 9.59 Å². The Morgan fingerprint density at radius 1 is 0.800 bits per heavy atom. The number of hydrogen-bond donors (Lipinski definition) is 2. The lowest BCUT2D eigenvalue weighted by Crippen LogP contribution is -2.36. The first kappa shape index (κ1) is 19.9. The third-order valence-corrected chi connectivity index (χ3v) is 5.30. The van der Waals surface area contributed by atoms with Gasteiger partial charge >= 0.3 is 0 Å². The average molecular weight is 399 g/mol. The molecule has 4 rings (SSSR count).